The highest BCUT2D eigenvalue weighted by Crippen LogP contribution is 2.51. The van der Waals surface area contributed by atoms with Crippen LogP contribution in [0.4, 0.5) is 0 Å². The standard InChI is InChI=1S/C22H27N3O3/c1-17-5-4-6-18(11-17)19-12-20(27)25(15-23-19)14-22(28)9-10-24(16-26)13-21(22)7-2-3-8-21/h4-6,11-12,15-16,28H,2-3,7-10,13-14H2,1H3. The van der Waals surface area contributed by atoms with E-state index in [9.17, 15) is 14.7 Å². The molecule has 1 aliphatic carbocycles. The van der Waals surface area contributed by atoms with Gasteiger partial charge in [0.25, 0.3) is 5.56 Å². The van der Waals surface area contributed by atoms with E-state index in [4.69, 9.17) is 0 Å². The highest BCUT2D eigenvalue weighted by Gasteiger charge is 2.54. The minimum atomic E-state index is -1.00. The van der Waals surface area contributed by atoms with Gasteiger partial charge in [-0.1, -0.05) is 36.6 Å². The smallest absolute Gasteiger partial charge is 0.253 e. The molecule has 1 atom stereocenters. The minimum Gasteiger partial charge on any atom is -0.387 e. The highest BCUT2D eigenvalue weighted by atomic mass is 16.3. The Kier molecular flexibility index (Phi) is 4.83. The number of aryl methyl sites for hydroxylation is 1. The number of aromatic nitrogens is 2. The Morgan fingerprint density at radius 3 is 2.68 bits per heavy atom. The lowest BCUT2D eigenvalue weighted by Gasteiger charge is -2.51. The number of rotatable bonds is 4. The second-order valence-corrected chi connectivity index (χ2v) is 8.45. The number of carbonyl (C=O) groups excluding carboxylic acids is 1. The van der Waals surface area contributed by atoms with Crippen LogP contribution in [0.3, 0.4) is 0 Å². The molecule has 2 aromatic rings. The Labute approximate surface area is 164 Å². The largest absolute Gasteiger partial charge is 0.387 e. The van der Waals surface area contributed by atoms with Crippen molar-refractivity contribution in [3.8, 4) is 11.3 Å². The first kappa shape index (κ1) is 18.9. The quantitative estimate of drug-likeness (QED) is 0.825. The Morgan fingerprint density at radius 2 is 2.00 bits per heavy atom. The van der Waals surface area contributed by atoms with Crippen LogP contribution in [-0.4, -0.2) is 44.7 Å². The number of amides is 1. The summed E-state index contributed by atoms with van der Waals surface area (Å²) in [5.74, 6) is 0. The van der Waals surface area contributed by atoms with Crippen molar-refractivity contribution in [3.05, 3.63) is 52.6 Å². The molecular weight excluding hydrogens is 354 g/mol. The van der Waals surface area contributed by atoms with E-state index in [1.165, 1.54) is 4.57 Å². The molecule has 1 saturated heterocycles. The fourth-order valence-electron chi connectivity index (χ4n) is 5.01. The van der Waals surface area contributed by atoms with Crippen molar-refractivity contribution in [2.24, 2.45) is 5.41 Å². The van der Waals surface area contributed by atoms with Crippen molar-refractivity contribution in [3.63, 3.8) is 0 Å². The molecule has 148 valence electrons. The number of hydrogen-bond donors (Lipinski definition) is 1. The summed E-state index contributed by atoms with van der Waals surface area (Å²) in [5, 5.41) is 11.6. The number of hydrogen-bond acceptors (Lipinski definition) is 4. The van der Waals surface area contributed by atoms with Gasteiger partial charge in [-0.2, -0.15) is 0 Å². The SMILES string of the molecule is Cc1cccc(-c2cc(=O)n(CC3(O)CCN(C=O)CC34CCCC4)cn2)c1. The summed E-state index contributed by atoms with van der Waals surface area (Å²) in [6, 6.07) is 9.44. The molecule has 1 saturated carbocycles. The van der Waals surface area contributed by atoms with E-state index in [-0.39, 0.29) is 17.5 Å². The van der Waals surface area contributed by atoms with Gasteiger partial charge in [0.2, 0.25) is 6.41 Å². The van der Waals surface area contributed by atoms with Gasteiger partial charge in [0, 0.05) is 30.1 Å². The molecule has 1 aliphatic heterocycles. The van der Waals surface area contributed by atoms with E-state index in [1.54, 1.807) is 17.3 Å². The lowest BCUT2D eigenvalue weighted by molar-refractivity contribution is -0.152. The number of likely N-dealkylation sites (tertiary alicyclic amines) is 1. The third-order valence-electron chi connectivity index (χ3n) is 6.64. The molecule has 4 rings (SSSR count). The van der Waals surface area contributed by atoms with Gasteiger partial charge in [-0.3, -0.25) is 14.2 Å². The molecule has 1 amide bonds. The van der Waals surface area contributed by atoms with Crippen LogP contribution >= 0.6 is 0 Å². The van der Waals surface area contributed by atoms with Crippen molar-refractivity contribution < 1.29 is 9.90 Å². The van der Waals surface area contributed by atoms with Crippen LogP contribution in [0.25, 0.3) is 11.3 Å². The molecule has 1 spiro atoms. The number of nitrogens with zero attached hydrogens (tertiary/aromatic N) is 3. The highest BCUT2D eigenvalue weighted by molar-refractivity contribution is 5.59. The van der Waals surface area contributed by atoms with Gasteiger partial charge in [0.1, 0.15) is 0 Å². The fraction of sp³-hybridized carbons (Fsp3) is 0.500. The summed E-state index contributed by atoms with van der Waals surface area (Å²) >= 11 is 0. The zero-order valence-electron chi connectivity index (χ0n) is 16.3. The summed E-state index contributed by atoms with van der Waals surface area (Å²) in [6.45, 7) is 3.31. The molecule has 2 fully saturated rings. The van der Waals surface area contributed by atoms with Gasteiger partial charge in [0.15, 0.2) is 0 Å². The van der Waals surface area contributed by atoms with Crippen molar-refractivity contribution in [2.45, 2.75) is 51.2 Å². The molecular formula is C22H27N3O3. The Morgan fingerprint density at radius 1 is 1.21 bits per heavy atom. The van der Waals surface area contributed by atoms with E-state index >= 15 is 0 Å². The van der Waals surface area contributed by atoms with Crippen LogP contribution in [0.15, 0.2) is 41.5 Å². The summed E-state index contributed by atoms with van der Waals surface area (Å²) in [4.78, 5) is 30.3. The minimum absolute atomic E-state index is 0.161. The first-order chi connectivity index (χ1) is 13.4. The third kappa shape index (κ3) is 3.26. The topological polar surface area (TPSA) is 75.4 Å². The summed E-state index contributed by atoms with van der Waals surface area (Å²) in [5.41, 5.74) is 1.17. The van der Waals surface area contributed by atoms with Crippen molar-refractivity contribution >= 4 is 6.41 Å². The van der Waals surface area contributed by atoms with Gasteiger partial charge < -0.3 is 10.0 Å². The van der Waals surface area contributed by atoms with E-state index in [0.717, 1.165) is 43.2 Å². The maximum absolute atomic E-state index is 12.8. The lowest BCUT2D eigenvalue weighted by Crippen LogP contribution is -2.61. The molecule has 6 heteroatoms. The van der Waals surface area contributed by atoms with Gasteiger partial charge in [-0.05, 0) is 32.3 Å². The molecule has 28 heavy (non-hydrogen) atoms. The van der Waals surface area contributed by atoms with Gasteiger partial charge in [0.05, 0.1) is 24.2 Å². The maximum atomic E-state index is 12.8. The van der Waals surface area contributed by atoms with E-state index in [1.807, 2.05) is 31.2 Å². The lowest BCUT2D eigenvalue weighted by atomic mass is 9.66. The average molecular weight is 381 g/mol. The average Bonchev–Trinajstić information content (AvgIpc) is 3.16. The molecule has 6 nitrogen and oxygen atoms in total. The Hall–Kier alpha value is -2.47. The zero-order valence-corrected chi connectivity index (χ0v) is 16.3. The number of aliphatic hydroxyl groups is 1. The van der Waals surface area contributed by atoms with Crippen LogP contribution < -0.4 is 5.56 Å². The van der Waals surface area contributed by atoms with E-state index in [2.05, 4.69) is 4.98 Å². The van der Waals surface area contributed by atoms with E-state index < -0.39 is 5.60 Å². The normalized spacial score (nSPS) is 23.9. The van der Waals surface area contributed by atoms with Crippen LogP contribution in [0, 0.1) is 12.3 Å². The summed E-state index contributed by atoms with van der Waals surface area (Å²) in [7, 11) is 0. The second-order valence-electron chi connectivity index (χ2n) is 8.45. The molecule has 2 heterocycles. The first-order valence-electron chi connectivity index (χ1n) is 10.0. The monoisotopic (exact) mass is 381 g/mol. The van der Waals surface area contributed by atoms with Crippen molar-refractivity contribution in [2.75, 3.05) is 13.1 Å². The van der Waals surface area contributed by atoms with Gasteiger partial charge in [-0.25, -0.2) is 4.98 Å². The van der Waals surface area contributed by atoms with Crippen LogP contribution in [-0.2, 0) is 11.3 Å². The molecule has 1 unspecified atom stereocenters. The van der Waals surface area contributed by atoms with Crippen LogP contribution in [0.1, 0.15) is 37.7 Å². The summed E-state index contributed by atoms with van der Waals surface area (Å²) in [6.07, 6.45) is 6.78. The molecule has 1 aromatic carbocycles. The van der Waals surface area contributed by atoms with E-state index in [0.29, 0.717) is 25.2 Å². The van der Waals surface area contributed by atoms with Crippen molar-refractivity contribution in [1.29, 1.82) is 0 Å². The predicted molar refractivity (Wildman–Crippen MR) is 107 cm³/mol. The molecule has 2 aliphatic rings. The zero-order chi connectivity index (χ0) is 19.8. The maximum Gasteiger partial charge on any atom is 0.253 e. The van der Waals surface area contributed by atoms with Crippen molar-refractivity contribution in [1.82, 2.24) is 14.5 Å². The van der Waals surface area contributed by atoms with Gasteiger partial charge >= 0.3 is 0 Å². The van der Waals surface area contributed by atoms with Crippen LogP contribution in [0.5, 0.6) is 0 Å². The number of piperidine rings is 1. The fourth-order valence-corrected chi connectivity index (χ4v) is 5.01. The van der Waals surface area contributed by atoms with Crippen LogP contribution in [0.2, 0.25) is 0 Å². The van der Waals surface area contributed by atoms with Gasteiger partial charge in [-0.15, -0.1) is 0 Å². The number of carbonyl (C=O) groups is 1. The molecule has 1 aromatic heterocycles. The Bertz CT molecular complexity index is 933. The predicted octanol–water partition coefficient (Wildman–Crippen LogP) is 2.37. The first-order valence-corrected chi connectivity index (χ1v) is 10.0. The molecule has 0 bridgehead atoms. The number of benzene rings is 1. The third-order valence-corrected chi connectivity index (χ3v) is 6.64. The molecule has 0 radical (unpaired) electrons. The second kappa shape index (κ2) is 7.17. The summed E-state index contributed by atoms with van der Waals surface area (Å²) < 4.78 is 1.52. The Balaban J connectivity index is 1.63. The molecule has 1 N–H and O–H groups in total.